The van der Waals surface area contributed by atoms with Crippen molar-refractivity contribution in [2.24, 2.45) is 5.92 Å². The van der Waals surface area contributed by atoms with Crippen molar-refractivity contribution in [3.8, 4) is 0 Å². The molecule has 1 fully saturated rings. The van der Waals surface area contributed by atoms with Crippen LogP contribution in [0.4, 0.5) is 0 Å². The zero-order chi connectivity index (χ0) is 12.7. The molecule has 0 aromatic heterocycles. The van der Waals surface area contributed by atoms with Gasteiger partial charge in [-0.25, -0.2) is 0 Å². The van der Waals surface area contributed by atoms with Gasteiger partial charge in [-0.2, -0.15) is 0 Å². The van der Waals surface area contributed by atoms with E-state index in [0.717, 1.165) is 39.3 Å². The zero-order valence-corrected chi connectivity index (χ0v) is 10.9. The van der Waals surface area contributed by atoms with Crippen LogP contribution in [0.2, 0.25) is 0 Å². The van der Waals surface area contributed by atoms with Crippen LogP contribution in [0.5, 0.6) is 0 Å². The molecule has 0 aromatic carbocycles. The van der Waals surface area contributed by atoms with Gasteiger partial charge >= 0.3 is 5.97 Å². The fraction of sp³-hybridized carbons (Fsp3) is 0.917. The molecule has 5 nitrogen and oxygen atoms in total. The van der Waals surface area contributed by atoms with Gasteiger partial charge in [0.05, 0.1) is 6.42 Å². The van der Waals surface area contributed by atoms with Crippen LogP contribution >= 0.6 is 0 Å². The third-order valence-corrected chi connectivity index (χ3v) is 3.13. The second-order valence-electron chi connectivity index (χ2n) is 4.85. The van der Waals surface area contributed by atoms with Crippen molar-refractivity contribution in [1.29, 1.82) is 0 Å². The molecule has 17 heavy (non-hydrogen) atoms. The number of piperazine rings is 1. The summed E-state index contributed by atoms with van der Waals surface area (Å²) in [6.45, 7) is 8.78. The minimum Gasteiger partial charge on any atom is -0.481 e. The summed E-state index contributed by atoms with van der Waals surface area (Å²) in [4.78, 5) is 15.1. The Hall–Kier alpha value is -0.650. The van der Waals surface area contributed by atoms with Gasteiger partial charge in [0.2, 0.25) is 0 Å². The number of carboxylic acid groups (broad SMARTS) is 1. The van der Waals surface area contributed by atoms with Crippen molar-refractivity contribution in [2.45, 2.75) is 13.3 Å². The number of ether oxygens (including phenoxy) is 1. The molecule has 0 amide bonds. The Balaban J connectivity index is 2.14. The lowest BCUT2D eigenvalue weighted by atomic mass is 10.1. The van der Waals surface area contributed by atoms with Gasteiger partial charge in [0, 0.05) is 53.0 Å². The molecule has 1 saturated heterocycles. The van der Waals surface area contributed by atoms with Gasteiger partial charge in [0.1, 0.15) is 0 Å². The SMILES string of the molecule is COCC(C)CN1CCN(CCC(=O)O)CC1. The normalized spacial score (nSPS) is 20.4. The molecule has 0 spiro atoms. The summed E-state index contributed by atoms with van der Waals surface area (Å²) in [6, 6.07) is 0. The van der Waals surface area contributed by atoms with E-state index in [1.165, 1.54) is 0 Å². The van der Waals surface area contributed by atoms with E-state index in [2.05, 4.69) is 16.7 Å². The van der Waals surface area contributed by atoms with E-state index >= 15 is 0 Å². The van der Waals surface area contributed by atoms with Crippen molar-refractivity contribution < 1.29 is 14.6 Å². The van der Waals surface area contributed by atoms with Gasteiger partial charge in [-0.1, -0.05) is 6.92 Å². The fourth-order valence-electron chi connectivity index (χ4n) is 2.23. The molecule has 100 valence electrons. The van der Waals surface area contributed by atoms with Crippen LogP contribution in [0, 0.1) is 5.92 Å². The molecular weight excluding hydrogens is 220 g/mol. The monoisotopic (exact) mass is 244 g/mol. The lowest BCUT2D eigenvalue weighted by molar-refractivity contribution is -0.137. The first-order chi connectivity index (χ1) is 8.11. The van der Waals surface area contributed by atoms with E-state index in [1.54, 1.807) is 7.11 Å². The minimum absolute atomic E-state index is 0.250. The lowest BCUT2D eigenvalue weighted by Gasteiger charge is -2.35. The number of nitrogens with zero attached hydrogens (tertiary/aromatic N) is 2. The Morgan fingerprint density at radius 2 is 1.88 bits per heavy atom. The van der Waals surface area contributed by atoms with Gasteiger partial charge in [-0.05, 0) is 5.92 Å². The topological polar surface area (TPSA) is 53.0 Å². The number of methoxy groups -OCH3 is 1. The number of aliphatic carboxylic acids is 1. The molecular formula is C12H24N2O3. The van der Waals surface area contributed by atoms with Gasteiger partial charge in [0.15, 0.2) is 0 Å². The maximum Gasteiger partial charge on any atom is 0.304 e. The molecule has 1 unspecified atom stereocenters. The molecule has 1 atom stereocenters. The number of hydrogen-bond donors (Lipinski definition) is 1. The first-order valence-electron chi connectivity index (χ1n) is 6.27. The fourth-order valence-corrected chi connectivity index (χ4v) is 2.23. The van der Waals surface area contributed by atoms with E-state index in [4.69, 9.17) is 9.84 Å². The van der Waals surface area contributed by atoms with Crippen LogP contribution in [-0.4, -0.2) is 73.9 Å². The molecule has 1 aliphatic heterocycles. The third-order valence-electron chi connectivity index (χ3n) is 3.13. The molecule has 0 aromatic rings. The summed E-state index contributed by atoms with van der Waals surface area (Å²) in [7, 11) is 1.74. The Kier molecular flexibility index (Phi) is 6.47. The predicted octanol–water partition coefficient (Wildman–Crippen LogP) is 0.361. The summed E-state index contributed by atoms with van der Waals surface area (Å²) in [5.74, 6) is -0.147. The van der Waals surface area contributed by atoms with Crippen molar-refractivity contribution in [3.63, 3.8) is 0 Å². The average molecular weight is 244 g/mol. The number of carbonyl (C=O) groups is 1. The van der Waals surface area contributed by atoms with Gasteiger partial charge < -0.3 is 19.6 Å². The summed E-state index contributed by atoms with van der Waals surface area (Å²) in [6.07, 6.45) is 0.250. The molecule has 0 saturated carbocycles. The summed E-state index contributed by atoms with van der Waals surface area (Å²) in [5, 5.41) is 8.62. The van der Waals surface area contributed by atoms with Gasteiger partial charge in [-0.15, -0.1) is 0 Å². The van der Waals surface area contributed by atoms with Crippen molar-refractivity contribution in [3.05, 3.63) is 0 Å². The minimum atomic E-state index is -0.707. The third kappa shape index (κ3) is 6.00. The second-order valence-corrected chi connectivity index (χ2v) is 4.85. The Morgan fingerprint density at radius 1 is 1.29 bits per heavy atom. The number of rotatable bonds is 7. The van der Waals surface area contributed by atoms with Crippen LogP contribution in [0.25, 0.3) is 0 Å². The summed E-state index contributed by atoms with van der Waals surface area (Å²) < 4.78 is 5.13. The summed E-state index contributed by atoms with van der Waals surface area (Å²) in [5.41, 5.74) is 0. The zero-order valence-electron chi connectivity index (χ0n) is 10.9. The van der Waals surface area contributed by atoms with Crippen LogP contribution in [0.15, 0.2) is 0 Å². The standard InChI is InChI=1S/C12H24N2O3/c1-11(10-17-2)9-14-7-5-13(6-8-14)4-3-12(15)16/h11H,3-10H2,1-2H3,(H,15,16). The van der Waals surface area contributed by atoms with E-state index in [0.29, 0.717) is 12.5 Å². The van der Waals surface area contributed by atoms with Crippen LogP contribution in [0.3, 0.4) is 0 Å². The van der Waals surface area contributed by atoms with Crippen LogP contribution < -0.4 is 0 Å². The predicted molar refractivity (Wildman–Crippen MR) is 66.2 cm³/mol. The molecule has 0 aliphatic carbocycles. The first-order valence-corrected chi connectivity index (χ1v) is 6.27. The second kappa shape index (κ2) is 7.63. The van der Waals surface area contributed by atoms with E-state index in [-0.39, 0.29) is 6.42 Å². The van der Waals surface area contributed by atoms with Crippen molar-refractivity contribution in [2.75, 3.05) is 53.0 Å². The largest absolute Gasteiger partial charge is 0.481 e. The van der Waals surface area contributed by atoms with E-state index < -0.39 is 5.97 Å². The molecule has 1 heterocycles. The van der Waals surface area contributed by atoms with Crippen LogP contribution in [-0.2, 0) is 9.53 Å². The first kappa shape index (κ1) is 14.4. The molecule has 1 N–H and O–H groups in total. The Labute approximate surface area is 103 Å². The molecule has 5 heteroatoms. The lowest BCUT2D eigenvalue weighted by Crippen LogP contribution is -2.48. The number of hydrogen-bond acceptors (Lipinski definition) is 4. The van der Waals surface area contributed by atoms with Gasteiger partial charge in [0.25, 0.3) is 0 Å². The Morgan fingerprint density at radius 3 is 2.41 bits per heavy atom. The highest BCUT2D eigenvalue weighted by atomic mass is 16.5. The van der Waals surface area contributed by atoms with Crippen molar-refractivity contribution in [1.82, 2.24) is 9.80 Å². The Bertz CT molecular complexity index is 228. The molecule has 0 bridgehead atoms. The molecule has 1 aliphatic rings. The average Bonchev–Trinajstić information content (AvgIpc) is 2.28. The maximum absolute atomic E-state index is 10.5. The van der Waals surface area contributed by atoms with E-state index in [9.17, 15) is 4.79 Å². The van der Waals surface area contributed by atoms with E-state index in [1.807, 2.05) is 0 Å². The molecule has 0 radical (unpaired) electrons. The quantitative estimate of drug-likeness (QED) is 0.701. The highest BCUT2D eigenvalue weighted by Gasteiger charge is 2.18. The van der Waals surface area contributed by atoms with Crippen LogP contribution in [0.1, 0.15) is 13.3 Å². The highest BCUT2D eigenvalue weighted by molar-refractivity contribution is 5.66. The molecule has 1 rings (SSSR count). The highest BCUT2D eigenvalue weighted by Crippen LogP contribution is 2.06. The van der Waals surface area contributed by atoms with Gasteiger partial charge in [-0.3, -0.25) is 4.79 Å². The maximum atomic E-state index is 10.5. The van der Waals surface area contributed by atoms with Crippen molar-refractivity contribution >= 4 is 5.97 Å². The number of carboxylic acids is 1. The smallest absolute Gasteiger partial charge is 0.304 e. The summed E-state index contributed by atoms with van der Waals surface area (Å²) >= 11 is 0.